The zero-order valence-electron chi connectivity index (χ0n) is 12.1. The van der Waals surface area contributed by atoms with Gasteiger partial charge in [-0.15, -0.1) is 0 Å². The van der Waals surface area contributed by atoms with Gasteiger partial charge < -0.3 is 10.1 Å². The van der Waals surface area contributed by atoms with E-state index in [1.165, 1.54) is 19.3 Å². The maximum absolute atomic E-state index is 5.97. The van der Waals surface area contributed by atoms with Crippen LogP contribution in [0.15, 0.2) is 6.33 Å². The van der Waals surface area contributed by atoms with E-state index in [1.54, 1.807) is 6.33 Å². The van der Waals surface area contributed by atoms with Crippen LogP contribution in [0.1, 0.15) is 51.8 Å². The summed E-state index contributed by atoms with van der Waals surface area (Å²) >= 11 is 0. The maximum Gasteiger partial charge on any atom is 0.152 e. The van der Waals surface area contributed by atoms with Gasteiger partial charge in [0.25, 0.3) is 0 Å². The van der Waals surface area contributed by atoms with Crippen LogP contribution in [0, 0.1) is 0 Å². The standard InChI is InChI=1S/C14H26N4O/c1-3-9-15-12-5-7-13(8-6-12)19-10-14-16-11-17-18(14)4-2/h11-13,15H,3-10H2,1-2H3. The fraction of sp³-hybridized carbons (Fsp3) is 0.857. The highest BCUT2D eigenvalue weighted by Gasteiger charge is 2.21. The van der Waals surface area contributed by atoms with E-state index < -0.39 is 0 Å². The minimum atomic E-state index is 0.390. The van der Waals surface area contributed by atoms with Crippen molar-refractivity contribution in [1.29, 1.82) is 0 Å². The molecule has 1 aromatic rings. The van der Waals surface area contributed by atoms with E-state index in [0.29, 0.717) is 18.8 Å². The Bertz CT molecular complexity index is 358. The molecule has 0 spiro atoms. The Morgan fingerprint density at radius 2 is 2.11 bits per heavy atom. The number of nitrogens with zero attached hydrogens (tertiary/aromatic N) is 3. The van der Waals surface area contributed by atoms with E-state index in [0.717, 1.165) is 31.8 Å². The van der Waals surface area contributed by atoms with Crippen LogP contribution in [0.2, 0.25) is 0 Å². The Hall–Kier alpha value is -0.940. The molecule has 0 bridgehead atoms. The van der Waals surface area contributed by atoms with Crippen molar-refractivity contribution in [3.63, 3.8) is 0 Å². The smallest absolute Gasteiger partial charge is 0.152 e. The van der Waals surface area contributed by atoms with E-state index in [4.69, 9.17) is 4.74 Å². The molecule has 1 heterocycles. The molecule has 0 saturated heterocycles. The van der Waals surface area contributed by atoms with Gasteiger partial charge in [0.15, 0.2) is 5.82 Å². The van der Waals surface area contributed by atoms with Crippen LogP contribution in [-0.4, -0.2) is 33.5 Å². The lowest BCUT2D eigenvalue weighted by molar-refractivity contribution is 0.00665. The van der Waals surface area contributed by atoms with Gasteiger partial charge >= 0.3 is 0 Å². The van der Waals surface area contributed by atoms with Gasteiger partial charge in [-0.1, -0.05) is 6.92 Å². The molecule has 0 aromatic carbocycles. The summed E-state index contributed by atoms with van der Waals surface area (Å²) in [5.74, 6) is 0.939. The summed E-state index contributed by atoms with van der Waals surface area (Å²) in [5, 5.41) is 7.76. The number of hydrogen-bond donors (Lipinski definition) is 1. The molecule has 2 rings (SSSR count). The van der Waals surface area contributed by atoms with Gasteiger partial charge in [-0.2, -0.15) is 5.10 Å². The highest BCUT2D eigenvalue weighted by molar-refractivity contribution is 4.83. The minimum Gasteiger partial charge on any atom is -0.370 e. The van der Waals surface area contributed by atoms with Crippen LogP contribution in [-0.2, 0) is 17.9 Å². The molecule has 1 aliphatic carbocycles. The quantitative estimate of drug-likeness (QED) is 0.821. The third-order valence-corrected chi connectivity index (χ3v) is 3.80. The van der Waals surface area contributed by atoms with Crippen LogP contribution < -0.4 is 5.32 Å². The first kappa shape index (κ1) is 14.5. The fourth-order valence-electron chi connectivity index (χ4n) is 2.64. The maximum atomic E-state index is 5.97. The molecule has 0 unspecified atom stereocenters. The van der Waals surface area contributed by atoms with E-state index in [-0.39, 0.29) is 0 Å². The fourth-order valence-corrected chi connectivity index (χ4v) is 2.64. The highest BCUT2D eigenvalue weighted by atomic mass is 16.5. The van der Waals surface area contributed by atoms with Crippen LogP contribution in [0.25, 0.3) is 0 Å². The van der Waals surface area contributed by atoms with Crippen LogP contribution in [0.5, 0.6) is 0 Å². The van der Waals surface area contributed by atoms with E-state index in [9.17, 15) is 0 Å². The van der Waals surface area contributed by atoms with E-state index >= 15 is 0 Å². The predicted molar refractivity (Wildman–Crippen MR) is 74.8 cm³/mol. The third-order valence-electron chi connectivity index (χ3n) is 3.80. The molecule has 0 radical (unpaired) electrons. The molecule has 1 aromatic heterocycles. The van der Waals surface area contributed by atoms with Crippen LogP contribution in [0.4, 0.5) is 0 Å². The normalized spacial score (nSPS) is 23.7. The van der Waals surface area contributed by atoms with Crippen molar-refractivity contribution in [3.8, 4) is 0 Å². The Morgan fingerprint density at radius 3 is 2.79 bits per heavy atom. The lowest BCUT2D eigenvalue weighted by Gasteiger charge is -2.29. The lowest BCUT2D eigenvalue weighted by atomic mass is 9.93. The summed E-state index contributed by atoms with van der Waals surface area (Å²) in [7, 11) is 0. The average molecular weight is 266 g/mol. The van der Waals surface area contributed by atoms with E-state index in [2.05, 4.69) is 29.2 Å². The van der Waals surface area contributed by atoms with Gasteiger partial charge in [0.1, 0.15) is 12.9 Å². The number of rotatable bonds is 7. The predicted octanol–water partition coefficient (Wildman–Crippen LogP) is 2.13. The second-order valence-electron chi connectivity index (χ2n) is 5.23. The van der Waals surface area contributed by atoms with E-state index in [1.807, 2.05) is 4.68 Å². The van der Waals surface area contributed by atoms with Gasteiger partial charge in [-0.05, 0) is 45.6 Å². The first-order valence-electron chi connectivity index (χ1n) is 7.55. The molecule has 108 valence electrons. The Labute approximate surface area is 115 Å². The largest absolute Gasteiger partial charge is 0.370 e. The molecule has 0 atom stereocenters. The van der Waals surface area contributed by atoms with Gasteiger partial charge in [0, 0.05) is 12.6 Å². The van der Waals surface area contributed by atoms with Crippen molar-refractivity contribution in [2.45, 2.75) is 71.2 Å². The lowest BCUT2D eigenvalue weighted by Crippen LogP contribution is -2.35. The van der Waals surface area contributed by atoms with Crippen molar-refractivity contribution in [2.24, 2.45) is 0 Å². The number of aromatic nitrogens is 3. The SMILES string of the molecule is CCCNC1CCC(OCc2ncnn2CC)CC1. The Balaban J connectivity index is 1.68. The minimum absolute atomic E-state index is 0.390. The van der Waals surface area contributed by atoms with Gasteiger partial charge in [0.05, 0.1) is 6.10 Å². The molecule has 1 saturated carbocycles. The zero-order chi connectivity index (χ0) is 13.5. The van der Waals surface area contributed by atoms with Crippen LogP contribution in [0.3, 0.4) is 0 Å². The summed E-state index contributed by atoms with van der Waals surface area (Å²) in [6, 6.07) is 0.694. The molecule has 1 fully saturated rings. The molecule has 1 N–H and O–H groups in total. The molecule has 0 aliphatic heterocycles. The molecule has 1 aliphatic rings. The first-order valence-corrected chi connectivity index (χ1v) is 7.55. The monoisotopic (exact) mass is 266 g/mol. The third kappa shape index (κ3) is 4.28. The molecule has 0 amide bonds. The van der Waals surface area contributed by atoms with Crippen LogP contribution >= 0.6 is 0 Å². The van der Waals surface area contributed by atoms with Crippen molar-refractivity contribution in [2.75, 3.05) is 6.54 Å². The summed E-state index contributed by atoms with van der Waals surface area (Å²) in [4.78, 5) is 4.24. The molecule has 5 nitrogen and oxygen atoms in total. The van der Waals surface area contributed by atoms with Crippen molar-refractivity contribution in [1.82, 2.24) is 20.1 Å². The number of hydrogen-bond acceptors (Lipinski definition) is 4. The Morgan fingerprint density at radius 1 is 1.32 bits per heavy atom. The summed E-state index contributed by atoms with van der Waals surface area (Å²) in [5.41, 5.74) is 0. The van der Waals surface area contributed by atoms with Gasteiger partial charge in [0.2, 0.25) is 0 Å². The zero-order valence-corrected chi connectivity index (χ0v) is 12.1. The number of aryl methyl sites for hydroxylation is 1. The van der Waals surface area contributed by atoms with Gasteiger partial charge in [-0.3, -0.25) is 0 Å². The topological polar surface area (TPSA) is 52.0 Å². The summed E-state index contributed by atoms with van der Waals surface area (Å²) in [6.45, 7) is 6.86. The first-order chi connectivity index (χ1) is 9.33. The van der Waals surface area contributed by atoms with Crippen molar-refractivity contribution >= 4 is 0 Å². The number of nitrogens with one attached hydrogen (secondary N) is 1. The second kappa shape index (κ2) is 7.60. The molecular weight excluding hydrogens is 240 g/mol. The van der Waals surface area contributed by atoms with Crippen molar-refractivity contribution in [3.05, 3.63) is 12.2 Å². The number of ether oxygens (including phenoxy) is 1. The highest BCUT2D eigenvalue weighted by Crippen LogP contribution is 2.22. The molecular formula is C14H26N4O. The average Bonchev–Trinajstić information content (AvgIpc) is 2.91. The Kier molecular flexibility index (Phi) is 5.79. The molecule has 19 heavy (non-hydrogen) atoms. The second-order valence-corrected chi connectivity index (χ2v) is 5.23. The summed E-state index contributed by atoms with van der Waals surface area (Å²) < 4.78 is 7.87. The summed E-state index contributed by atoms with van der Waals surface area (Å²) in [6.07, 6.45) is 7.97. The molecule has 5 heteroatoms. The van der Waals surface area contributed by atoms with Gasteiger partial charge in [-0.25, -0.2) is 9.67 Å². The van der Waals surface area contributed by atoms with Crippen molar-refractivity contribution < 1.29 is 4.74 Å².